The second-order valence-electron chi connectivity index (χ2n) is 8.35. The summed E-state index contributed by atoms with van der Waals surface area (Å²) in [5.74, 6) is 3.19. The van der Waals surface area contributed by atoms with Crippen molar-refractivity contribution in [1.82, 2.24) is 0 Å². The van der Waals surface area contributed by atoms with Crippen molar-refractivity contribution in [1.29, 1.82) is 0 Å². The monoisotopic (exact) mass is 248 g/mol. The van der Waals surface area contributed by atoms with Gasteiger partial charge in [-0.25, -0.2) is 0 Å². The van der Waals surface area contributed by atoms with Crippen LogP contribution in [0.4, 0.5) is 0 Å². The van der Waals surface area contributed by atoms with Crippen LogP contribution in [0, 0.1) is 28.6 Å². The third kappa shape index (κ3) is 1.95. The smallest absolute Gasteiger partial charge is 0.0289 e. The maximum Gasteiger partial charge on any atom is -0.0289 e. The Morgan fingerprint density at radius 2 is 1.56 bits per heavy atom. The minimum atomic E-state index is 0.702. The lowest BCUT2D eigenvalue weighted by atomic mass is 9.64. The molecule has 3 saturated carbocycles. The first kappa shape index (κ1) is 13.0. The van der Waals surface area contributed by atoms with Gasteiger partial charge in [-0.3, -0.25) is 0 Å². The molecule has 3 fully saturated rings. The van der Waals surface area contributed by atoms with E-state index in [-0.39, 0.29) is 0 Å². The van der Waals surface area contributed by atoms with E-state index < -0.39 is 0 Å². The summed E-state index contributed by atoms with van der Waals surface area (Å²) >= 11 is 0. The van der Waals surface area contributed by atoms with Crippen LogP contribution in [0.15, 0.2) is 0 Å². The molecule has 5 atom stereocenters. The van der Waals surface area contributed by atoms with Crippen LogP contribution < -0.4 is 0 Å². The molecule has 0 heteroatoms. The first-order valence-corrected chi connectivity index (χ1v) is 8.57. The quantitative estimate of drug-likeness (QED) is 0.549. The summed E-state index contributed by atoms with van der Waals surface area (Å²) in [6, 6.07) is 0. The summed E-state index contributed by atoms with van der Waals surface area (Å²) in [7, 11) is 0. The van der Waals surface area contributed by atoms with Crippen LogP contribution in [0.25, 0.3) is 0 Å². The molecule has 0 aromatic heterocycles. The molecular formula is C18H32. The van der Waals surface area contributed by atoms with Gasteiger partial charge >= 0.3 is 0 Å². The van der Waals surface area contributed by atoms with Crippen molar-refractivity contribution in [2.75, 3.05) is 0 Å². The van der Waals surface area contributed by atoms with E-state index in [1.54, 1.807) is 19.3 Å². The molecular weight excluding hydrogens is 216 g/mol. The van der Waals surface area contributed by atoms with E-state index in [2.05, 4.69) is 20.8 Å². The minimum absolute atomic E-state index is 0.702. The van der Waals surface area contributed by atoms with Crippen LogP contribution in [-0.4, -0.2) is 0 Å². The molecule has 2 bridgehead atoms. The van der Waals surface area contributed by atoms with Gasteiger partial charge in [0.2, 0.25) is 0 Å². The van der Waals surface area contributed by atoms with Crippen molar-refractivity contribution in [3.05, 3.63) is 0 Å². The predicted molar refractivity (Wildman–Crippen MR) is 78.5 cm³/mol. The zero-order valence-electron chi connectivity index (χ0n) is 12.8. The highest BCUT2D eigenvalue weighted by Gasteiger charge is 2.57. The molecule has 4 unspecified atom stereocenters. The summed E-state index contributed by atoms with van der Waals surface area (Å²) in [6.45, 7) is 7.71. The van der Waals surface area contributed by atoms with Gasteiger partial charge in [-0.05, 0) is 60.7 Å². The van der Waals surface area contributed by atoms with Gasteiger partial charge in [0.15, 0.2) is 0 Å². The average molecular weight is 248 g/mol. The Morgan fingerprint density at radius 3 is 2.22 bits per heavy atom. The maximum atomic E-state index is 2.65. The van der Waals surface area contributed by atoms with Gasteiger partial charge in [0.05, 0.1) is 0 Å². The summed E-state index contributed by atoms with van der Waals surface area (Å²) in [5.41, 5.74) is 1.41. The van der Waals surface area contributed by atoms with E-state index in [1.807, 2.05) is 0 Å². The molecule has 3 aliphatic carbocycles. The molecule has 3 aliphatic rings. The standard InChI is InChI=1S/C18H32/c1-4-14-8-9-15-16(12-14)18(3)11-7-5-6-10-17(15,2)13-18/h14-16H,4-13H2,1-3H3/t14?,15-,16?,17?,18?/m0/s1. The summed E-state index contributed by atoms with van der Waals surface area (Å²) in [5, 5.41) is 0. The van der Waals surface area contributed by atoms with Crippen molar-refractivity contribution < 1.29 is 0 Å². The maximum absolute atomic E-state index is 2.65. The van der Waals surface area contributed by atoms with E-state index in [1.165, 1.54) is 44.9 Å². The Hall–Kier alpha value is 0. The van der Waals surface area contributed by atoms with Crippen LogP contribution in [0.1, 0.15) is 85.0 Å². The molecule has 3 rings (SSSR count). The Morgan fingerprint density at radius 1 is 0.889 bits per heavy atom. The number of fused-ring (bicyclic) bond motifs is 5. The van der Waals surface area contributed by atoms with Crippen molar-refractivity contribution in [2.45, 2.75) is 85.0 Å². The van der Waals surface area contributed by atoms with Gasteiger partial charge in [-0.1, -0.05) is 52.9 Å². The fourth-order valence-corrected chi connectivity index (χ4v) is 6.20. The lowest BCUT2D eigenvalue weighted by Gasteiger charge is -2.41. The molecule has 18 heavy (non-hydrogen) atoms. The third-order valence-electron chi connectivity index (χ3n) is 7.13. The summed E-state index contributed by atoms with van der Waals surface area (Å²) in [4.78, 5) is 0. The van der Waals surface area contributed by atoms with Crippen LogP contribution >= 0.6 is 0 Å². The molecule has 0 aromatic carbocycles. The fraction of sp³-hybridized carbons (Fsp3) is 1.00. The number of hydrogen-bond donors (Lipinski definition) is 0. The van der Waals surface area contributed by atoms with Crippen molar-refractivity contribution in [2.24, 2.45) is 28.6 Å². The second kappa shape index (κ2) is 4.53. The van der Waals surface area contributed by atoms with E-state index in [4.69, 9.17) is 0 Å². The van der Waals surface area contributed by atoms with Crippen LogP contribution in [0.5, 0.6) is 0 Å². The minimum Gasteiger partial charge on any atom is -0.0651 e. The van der Waals surface area contributed by atoms with Crippen molar-refractivity contribution in [3.8, 4) is 0 Å². The zero-order valence-corrected chi connectivity index (χ0v) is 12.8. The number of hydrogen-bond acceptors (Lipinski definition) is 0. The van der Waals surface area contributed by atoms with Gasteiger partial charge in [-0.15, -0.1) is 0 Å². The topological polar surface area (TPSA) is 0 Å². The second-order valence-corrected chi connectivity index (χ2v) is 8.35. The molecule has 0 amide bonds. The van der Waals surface area contributed by atoms with Gasteiger partial charge < -0.3 is 0 Å². The summed E-state index contributed by atoms with van der Waals surface area (Å²) in [6.07, 6.45) is 15.2. The van der Waals surface area contributed by atoms with Gasteiger partial charge in [0.25, 0.3) is 0 Å². The lowest BCUT2D eigenvalue weighted by molar-refractivity contribution is 0.0823. The molecule has 0 nitrogen and oxygen atoms in total. The van der Waals surface area contributed by atoms with Crippen LogP contribution in [0.2, 0.25) is 0 Å². The molecule has 0 aromatic rings. The molecule has 0 radical (unpaired) electrons. The molecule has 0 N–H and O–H groups in total. The highest BCUT2D eigenvalue weighted by atomic mass is 14.6. The van der Waals surface area contributed by atoms with Gasteiger partial charge in [0, 0.05) is 0 Å². The van der Waals surface area contributed by atoms with E-state index in [0.29, 0.717) is 10.8 Å². The lowest BCUT2D eigenvalue weighted by Crippen LogP contribution is -2.33. The Labute approximate surface area is 114 Å². The fourth-order valence-electron chi connectivity index (χ4n) is 6.20. The normalized spacial score (nSPS) is 52.5. The first-order chi connectivity index (χ1) is 8.57. The highest BCUT2D eigenvalue weighted by Crippen LogP contribution is 2.66. The zero-order chi connectivity index (χ0) is 12.8. The Balaban J connectivity index is 1.89. The first-order valence-electron chi connectivity index (χ1n) is 8.57. The Kier molecular flexibility index (Phi) is 3.27. The van der Waals surface area contributed by atoms with E-state index >= 15 is 0 Å². The largest absolute Gasteiger partial charge is 0.0651 e. The van der Waals surface area contributed by atoms with E-state index in [9.17, 15) is 0 Å². The van der Waals surface area contributed by atoms with Crippen LogP contribution in [0.3, 0.4) is 0 Å². The molecule has 0 spiro atoms. The van der Waals surface area contributed by atoms with Gasteiger partial charge in [-0.2, -0.15) is 0 Å². The van der Waals surface area contributed by atoms with Crippen molar-refractivity contribution in [3.63, 3.8) is 0 Å². The molecule has 0 saturated heterocycles. The molecule has 104 valence electrons. The predicted octanol–water partition coefficient (Wildman–Crippen LogP) is 5.81. The highest BCUT2D eigenvalue weighted by molar-refractivity contribution is 5.06. The molecule has 0 heterocycles. The van der Waals surface area contributed by atoms with Crippen molar-refractivity contribution >= 4 is 0 Å². The Bertz CT molecular complexity index is 307. The number of rotatable bonds is 1. The van der Waals surface area contributed by atoms with E-state index in [0.717, 1.165) is 17.8 Å². The SMILES string of the molecule is CCC1CC[C@H]2C(C1)C1(C)CCCCCC2(C)C1. The third-order valence-corrected chi connectivity index (χ3v) is 7.13. The van der Waals surface area contributed by atoms with Gasteiger partial charge in [0.1, 0.15) is 0 Å². The van der Waals surface area contributed by atoms with Crippen LogP contribution in [-0.2, 0) is 0 Å². The molecule has 0 aliphatic heterocycles. The average Bonchev–Trinajstić information content (AvgIpc) is 2.58. The summed E-state index contributed by atoms with van der Waals surface area (Å²) < 4.78 is 0.